The fourth-order valence-electron chi connectivity index (χ4n) is 2.93. The van der Waals surface area contributed by atoms with Gasteiger partial charge in [0, 0.05) is 11.3 Å². The monoisotopic (exact) mass is 383 g/mol. The van der Waals surface area contributed by atoms with Gasteiger partial charge in [0.15, 0.2) is 5.78 Å². The highest BCUT2D eigenvalue weighted by Crippen LogP contribution is 2.25. The molecule has 0 amide bonds. The number of benzene rings is 2. The minimum atomic E-state index is -3.82. The van der Waals surface area contributed by atoms with Crippen LogP contribution in [0.1, 0.15) is 34.2 Å². The van der Waals surface area contributed by atoms with Gasteiger partial charge in [-0.3, -0.25) is 9.52 Å². The van der Waals surface area contributed by atoms with Gasteiger partial charge in [0.25, 0.3) is 10.0 Å². The molecule has 0 bridgehead atoms. The summed E-state index contributed by atoms with van der Waals surface area (Å²) in [4.78, 5) is 11.5. The van der Waals surface area contributed by atoms with E-state index in [0.29, 0.717) is 22.6 Å². The molecule has 6 nitrogen and oxygen atoms in total. The molecule has 1 N–H and O–H groups in total. The topological polar surface area (TPSA) is 81.1 Å². The number of sulfonamides is 1. The fraction of sp³-hybridized carbons (Fsp3) is 0.200. The van der Waals surface area contributed by atoms with Crippen molar-refractivity contribution in [1.82, 2.24) is 9.78 Å². The summed E-state index contributed by atoms with van der Waals surface area (Å²) in [7, 11) is -3.82. The molecule has 1 heterocycles. The zero-order valence-electron chi connectivity index (χ0n) is 15.6. The summed E-state index contributed by atoms with van der Waals surface area (Å²) < 4.78 is 30.0. The molecule has 0 unspecified atom stereocenters. The molecule has 0 aliphatic carbocycles. The SMILES string of the molecule is CC(=O)c1ccc(NS(=O)(=O)c2c(C)nn(-c3ccc(C)cc3)c2C)cc1. The van der Waals surface area contributed by atoms with Gasteiger partial charge in [-0.15, -0.1) is 0 Å². The van der Waals surface area contributed by atoms with Gasteiger partial charge in [0.2, 0.25) is 0 Å². The van der Waals surface area contributed by atoms with Crippen molar-refractivity contribution in [3.05, 3.63) is 71.0 Å². The second-order valence-electron chi connectivity index (χ2n) is 6.49. The van der Waals surface area contributed by atoms with Crippen LogP contribution >= 0.6 is 0 Å². The summed E-state index contributed by atoms with van der Waals surface area (Å²) in [6, 6.07) is 14.0. The minimum absolute atomic E-state index is 0.0736. The molecule has 0 atom stereocenters. The lowest BCUT2D eigenvalue weighted by molar-refractivity contribution is 0.101. The van der Waals surface area contributed by atoms with Gasteiger partial charge in [-0.05, 0) is 64.1 Å². The van der Waals surface area contributed by atoms with E-state index in [1.165, 1.54) is 6.92 Å². The van der Waals surface area contributed by atoms with Crippen molar-refractivity contribution in [3.63, 3.8) is 0 Å². The number of Topliss-reactive ketones (excluding diaryl/α,β-unsaturated/α-hetero) is 1. The first-order chi connectivity index (χ1) is 12.7. The molecular weight excluding hydrogens is 362 g/mol. The van der Waals surface area contributed by atoms with Gasteiger partial charge in [0.05, 0.1) is 17.1 Å². The van der Waals surface area contributed by atoms with Crippen molar-refractivity contribution in [1.29, 1.82) is 0 Å². The van der Waals surface area contributed by atoms with Gasteiger partial charge in [-0.1, -0.05) is 17.7 Å². The molecule has 2 aromatic carbocycles. The van der Waals surface area contributed by atoms with Crippen molar-refractivity contribution in [3.8, 4) is 5.69 Å². The standard InChI is InChI=1S/C20H21N3O3S/c1-13-5-11-19(12-6-13)23-15(3)20(14(2)21-23)27(25,26)22-18-9-7-17(8-10-18)16(4)24/h5-12,22H,1-4H3. The molecule has 7 heteroatoms. The normalized spacial score (nSPS) is 11.4. The maximum absolute atomic E-state index is 12.9. The molecule has 0 fully saturated rings. The van der Waals surface area contributed by atoms with Crippen LogP contribution in [0.25, 0.3) is 5.69 Å². The molecule has 3 rings (SSSR count). The Labute approximate surface area is 158 Å². The first-order valence-corrected chi connectivity index (χ1v) is 9.94. The van der Waals surface area contributed by atoms with Crippen LogP contribution < -0.4 is 4.72 Å². The van der Waals surface area contributed by atoms with Crippen molar-refractivity contribution < 1.29 is 13.2 Å². The number of ketones is 1. The summed E-state index contributed by atoms with van der Waals surface area (Å²) in [5, 5.41) is 4.41. The molecule has 140 valence electrons. The van der Waals surface area contributed by atoms with E-state index in [0.717, 1.165) is 11.3 Å². The lowest BCUT2D eigenvalue weighted by Crippen LogP contribution is -2.15. The van der Waals surface area contributed by atoms with Crippen molar-refractivity contribution in [2.24, 2.45) is 0 Å². The van der Waals surface area contributed by atoms with E-state index >= 15 is 0 Å². The van der Waals surface area contributed by atoms with Gasteiger partial charge in [0.1, 0.15) is 4.90 Å². The van der Waals surface area contributed by atoms with E-state index in [1.54, 1.807) is 42.8 Å². The van der Waals surface area contributed by atoms with E-state index in [2.05, 4.69) is 9.82 Å². The summed E-state index contributed by atoms with van der Waals surface area (Å²) in [6.45, 7) is 6.85. The second kappa shape index (κ2) is 7.00. The molecule has 0 saturated heterocycles. The third-order valence-corrected chi connectivity index (χ3v) is 5.95. The fourth-order valence-corrected chi connectivity index (χ4v) is 4.39. The second-order valence-corrected chi connectivity index (χ2v) is 8.11. The Morgan fingerprint density at radius 3 is 2.11 bits per heavy atom. The molecule has 27 heavy (non-hydrogen) atoms. The van der Waals surface area contributed by atoms with Crippen LogP contribution in [-0.2, 0) is 10.0 Å². The van der Waals surface area contributed by atoms with Gasteiger partial charge in [-0.2, -0.15) is 5.10 Å². The van der Waals surface area contributed by atoms with Crippen molar-refractivity contribution in [2.45, 2.75) is 32.6 Å². The Bertz CT molecular complexity index is 1100. The predicted molar refractivity (Wildman–Crippen MR) is 105 cm³/mol. The number of nitrogens with one attached hydrogen (secondary N) is 1. The zero-order valence-corrected chi connectivity index (χ0v) is 16.5. The van der Waals surface area contributed by atoms with E-state index in [-0.39, 0.29) is 10.7 Å². The first kappa shape index (κ1) is 18.8. The average Bonchev–Trinajstić information content (AvgIpc) is 2.91. The molecule has 0 radical (unpaired) electrons. The number of aryl methyl sites for hydroxylation is 2. The molecule has 0 saturated carbocycles. The number of anilines is 1. The Morgan fingerprint density at radius 1 is 0.963 bits per heavy atom. The van der Waals surface area contributed by atoms with Crippen LogP contribution in [0.15, 0.2) is 53.4 Å². The van der Waals surface area contributed by atoms with Gasteiger partial charge < -0.3 is 0 Å². The molecular formula is C20H21N3O3S. The van der Waals surface area contributed by atoms with E-state index in [9.17, 15) is 13.2 Å². The highest BCUT2D eigenvalue weighted by molar-refractivity contribution is 7.92. The largest absolute Gasteiger partial charge is 0.295 e. The minimum Gasteiger partial charge on any atom is -0.295 e. The number of rotatable bonds is 5. The van der Waals surface area contributed by atoms with Crippen LogP contribution in [-0.4, -0.2) is 24.0 Å². The Hall–Kier alpha value is -2.93. The van der Waals surface area contributed by atoms with Crippen LogP contribution in [0.4, 0.5) is 5.69 Å². The molecule has 0 aliphatic heterocycles. The number of hydrogen-bond acceptors (Lipinski definition) is 4. The Balaban J connectivity index is 1.97. The number of hydrogen-bond donors (Lipinski definition) is 1. The van der Waals surface area contributed by atoms with E-state index in [4.69, 9.17) is 0 Å². The number of carbonyl (C=O) groups excluding carboxylic acids is 1. The predicted octanol–water partition coefficient (Wildman–Crippen LogP) is 3.80. The van der Waals surface area contributed by atoms with Gasteiger partial charge in [-0.25, -0.2) is 13.1 Å². The zero-order chi connectivity index (χ0) is 19.8. The van der Waals surface area contributed by atoms with E-state index in [1.807, 2.05) is 31.2 Å². The Kier molecular flexibility index (Phi) is 4.89. The third kappa shape index (κ3) is 3.78. The van der Waals surface area contributed by atoms with Crippen LogP contribution in [0.2, 0.25) is 0 Å². The molecule has 1 aromatic heterocycles. The lowest BCUT2D eigenvalue weighted by atomic mass is 10.1. The van der Waals surface area contributed by atoms with E-state index < -0.39 is 10.0 Å². The van der Waals surface area contributed by atoms with Crippen LogP contribution in [0, 0.1) is 20.8 Å². The third-order valence-electron chi connectivity index (χ3n) is 4.32. The van der Waals surface area contributed by atoms with Crippen LogP contribution in [0.5, 0.6) is 0 Å². The Morgan fingerprint density at radius 2 is 1.56 bits per heavy atom. The number of carbonyl (C=O) groups is 1. The number of nitrogens with zero attached hydrogens (tertiary/aromatic N) is 2. The molecule has 0 aliphatic rings. The molecule has 3 aromatic rings. The smallest absolute Gasteiger partial charge is 0.265 e. The quantitative estimate of drug-likeness (QED) is 0.680. The number of aromatic nitrogens is 2. The average molecular weight is 383 g/mol. The summed E-state index contributed by atoms with van der Waals surface area (Å²) in [6.07, 6.45) is 0. The summed E-state index contributed by atoms with van der Waals surface area (Å²) in [5.41, 5.74) is 3.78. The summed E-state index contributed by atoms with van der Waals surface area (Å²) >= 11 is 0. The maximum atomic E-state index is 12.9. The first-order valence-electron chi connectivity index (χ1n) is 8.46. The highest BCUT2D eigenvalue weighted by atomic mass is 32.2. The van der Waals surface area contributed by atoms with Crippen LogP contribution in [0.3, 0.4) is 0 Å². The highest BCUT2D eigenvalue weighted by Gasteiger charge is 2.25. The van der Waals surface area contributed by atoms with Gasteiger partial charge >= 0.3 is 0 Å². The van der Waals surface area contributed by atoms with Crippen molar-refractivity contribution in [2.75, 3.05) is 4.72 Å². The lowest BCUT2D eigenvalue weighted by Gasteiger charge is -2.09. The summed E-state index contributed by atoms with van der Waals surface area (Å²) in [5.74, 6) is -0.0736. The van der Waals surface area contributed by atoms with Crippen molar-refractivity contribution >= 4 is 21.5 Å². The molecule has 0 spiro atoms. The maximum Gasteiger partial charge on any atom is 0.265 e.